The number of halogens is 3. The Balaban J connectivity index is 2.59. The van der Waals surface area contributed by atoms with Crippen LogP contribution in [0.5, 0.6) is 0 Å². The van der Waals surface area contributed by atoms with Crippen LogP contribution in [0.3, 0.4) is 0 Å². The van der Waals surface area contributed by atoms with Crippen LogP contribution >= 0.6 is 39.3 Å². The third-order valence-corrected chi connectivity index (χ3v) is 3.81. The second-order valence-corrected chi connectivity index (χ2v) is 5.24. The first-order valence-corrected chi connectivity index (χ1v) is 6.44. The summed E-state index contributed by atoms with van der Waals surface area (Å²) in [5.41, 5.74) is 0. The van der Waals surface area contributed by atoms with Crippen LogP contribution in [0.25, 0.3) is 0 Å². The maximum atomic E-state index is 13.3. The van der Waals surface area contributed by atoms with E-state index >= 15 is 0 Å². The lowest BCUT2D eigenvalue weighted by molar-refractivity contribution is 0.586. The molecule has 0 aromatic carbocycles. The molecule has 1 aromatic rings. The smallest absolute Gasteiger partial charge is 0.156 e. The van der Waals surface area contributed by atoms with E-state index in [-0.39, 0.29) is 5.82 Å². The second kappa shape index (κ2) is 5.93. The summed E-state index contributed by atoms with van der Waals surface area (Å²) in [5.74, 6) is 1.46. The van der Waals surface area contributed by atoms with Gasteiger partial charge in [0.05, 0.1) is 0 Å². The van der Waals surface area contributed by atoms with Gasteiger partial charge in [-0.05, 0) is 27.9 Å². The van der Waals surface area contributed by atoms with Crippen molar-refractivity contribution in [1.29, 1.82) is 0 Å². The highest BCUT2D eigenvalue weighted by atomic mass is 79.9. The first-order chi connectivity index (χ1) is 6.63. The van der Waals surface area contributed by atoms with Crippen molar-refractivity contribution >= 4 is 39.3 Å². The van der Waals surface area contributed by atoms with Gasteiger partial charge in [0, 0.05) is 22.3 Å². The summed E-state index contributed by atoms with van der Waals surface area (Å²) in [4.78, 5) is 3.98. The molecular formula is C9H10BrClFNS. The predicted molar refractivity (Wildman–Crippen MR) is 62.5 cm³/mol. The van der Waals surface area contributed by atoms with Crippen LogP contribution in [0.4, 0.5) is 4.39 Å². The Labute approximate surface area is 101 Å². The van der Waals surface area contributed by atoms with Gasteiger partial charge in [0.15, 0.2) is 5.82 Å². The molecule has 0 aliphatic carbocycles. The fraction of sp³-hybridized carbons (Fsp3) is 0.444. The van der Waals surface area contributed by atoms with Gasteiger partial charge in [-0.3, -0.25) is 0 Å². The zero-order valence-electron chi connectivity index (χ0n) is 7.64. The van der Waals surface area contributed by atoms with E-state index in [2.05, 4.69) is 20.9 Å². The Kier molecular flexibility index (Phi) is 5.20. The number of pyridine rings is 1. The van der Waals surface area contributed by atoms with Gasteiger partial charge in [-0.25, -0.2) is 9.37 Å². The molecule has 0 bridgehead atoms. The number of alkyl halides is 1. The van der Waals surface area contributed by atoms with Gasteiger partial charge in [-0.15, -0.1) is 23.4 Å². The molecule has 0 saturated carbocycles. The van der Waals surface area contributed by atoms with Gasteiger partial charge in [-0.2, -0.15) is 0 Å². The summed E-state index contributed by atoms with van der Waals surface area (Å²) < 4.78 is 13.9. The molecule has 1 heterocycles. The summed E-state index contributed by atoms with van der Waals surface area (Å²) in [6, 6.07) is 1.42. The molecule has 1 aromatic heterocycles. The standard InChI is InChI=1S/C9H10BrClFNS/c1-6(3-11)5-14-9-8(12)2-7(10)4-13-9/h2,4,6H,3,5H2,1H3. The average molecular weight is 299 g/mol. The average Bonchev–Trinajstić information content (AvgIpc) is 2.16. The largest absolute Gasteiger partial charge is 0.246 e. The first kappa shape index (κ1) is 12.3. The molecule has 0 aliphatic rings. The Morgan fingerprint density at radius 1 is 1.71 bits per heavy atom. The topological polar surface area (TPSA) is 12.9 Å². The predicted octanol–water partition coefficient (Wildman–Crippen LogP) is 3.95. The van der Waals surface area contributed by atoms with Crippen molar-refractivity contribution in [3.05, 3.63) is 22.6 Å². The second-order valence-electron chi connectivity index (χ2n) is 3.01. The van der Waals surface area contributed by atoms with E-state index < -0.39 is 0 Å². The molecule has 1 nitrogen and oxygen atoms in total. The quantitative estimate of drug-likeness (QED) is 0.616. The van der Waals surface area contributed by atoms with Crippen molar-refractivity contribution < 1.29 is 4.39 Å². The highest BCUT2D eigenvalue weighted by molar-refractivity contribution is 9.10. The lowest BCUT2D eigenvalue weighted by atomic mass is 10.3. The molecule has 0 spiro atoms. The van der Waals surface area contributed by atoms with Crippen molar-refractivity contribution in [2.24, 2.45) is 5.92 Å². The summed E-state index contributed by atoms with van der Waals surface area (Å²) >= 11 is 10.2. The number of hydrogen-bond acceptors (Lipinski definition) is 2. The van der Waals surface area contributed by atoms with Gasteiger partial charge >= 0.3 is 0 Å². The van der Waals surface area contributed by atoms with Gasteiger partial charge in [0.2, 0.25) is 0 Å². The van der Waals surface area contributed by atoms with E-state index in [4.69, 9.17) is 11.6 Å². The Morgan fingerprint density at radius 3 is 3.00 bits per heavy atom. The number of aromatic nitrogens is 1. The Morgan fingerprint density at radius 2 is 2.43 bits per heavy atom. The van der Waals surface area contributed by atoms with Gasteiger partial charge in [-0.1, -0.05) is 6.92 Å². The molecule has 78 valence electrons. The van der Waals surface area contributed by atoms with Crippen LogP contribution in [-0.4, -0.2) is 16.6 Å². The highest BCUT2D eigenvalue weighted by Gasteiger charge is 2.07. The van der Waals surface area contributed by atoms with Gasteiger partial charge in [0.25, 0.3) is 0 Å². The Hall–Kier alpha value is 0.200. The third kappa shape index (κ3) is 3.75. The summed E-state index contributed by atoms with van der Waals surface area (Å²) in [5, 5.41) is 0.435. The van der Waals surface area contributed by atoms with Crippen molar-refractivity contribution in [2.75, 3.05) is 11.6 Å². The van der Waals surface area contributed by atoms with E-state index in [0.29, 0.717) is 21.3 Å². The highest BCUT2D eigenvalue weighted by Crippen LogP contribution is 2.23. The molecule has 5 heteroatoms. The van der Waals surface area contributed by atoms with Gasteiger partial charge < -0.3 is 0 Å². The monoisotopic (exact) mass is 297 g/mol. The first-order valence-electron chi connectivity index (χ1n) is 4.13. The molecular weight excluding hydrogens is 289 g/mol. The molecule has 0 N–H and O–H groups in total. The minimum absolute atomic E-state index is 0.286. The zero-order chi connectivity index (χ0) is 10.6. The number of nitrogens with zero attached hydrogens (tertiary/aromatic N) is 1. The van der Waals surface area contributed by atoms with Crippen molar-refractivity contribution in [3.63, 3.8) is 0 Å². The SMILES string of the molecule is CC(CCl)CSc1ncc(Br)cc1F. The minimum atomic E-state index is -0.286. The van der Waals surface area contributed by atoms with Crippen molar-refractivity contribution in [1.82, 2.24) is 4.98 Å². The lowest BCUT2D eigenvalue weighted by Gasteiger charge is -2.06. The van der Waals surface area contributed by atoms with E-state index in [9.17, 15) is 4.39 Å². The third-order valence-electron chi connectivity index (χ3n) is 1.54. The molecule has 0 saturated heterocycles. The van der Waals surface area contributed by atoms with Crippen LogP contribution in [0.15, 0.2) is 21.8 Å². The van der Waals surface area contributed by atoms with E-state index in [1.807, 2.05) is 6.92 Å². The van der Waals surface area contributed by atoms with E-state index in [1.165, 1.54) is 17.8 Å². The summed E-state index contributed by atoms with van der Waals surface area (Å²) in [6.07, 6.45) is 1.59. The van der Waals surface area contributed by atoms with E-state index in [1.54, 1.807) is 6.20 Å². The molecule has 0 fully saturated rings. The maximum absolute atomic E-state index is 13.3. The van der Waals surface area contributed by atoms with Crippen molar-refractivity contribution in [2.45, 2.75) is 11.9 Å². The number of thioether (sulfide) groups is 1. The number of hydrogen-bond donors (Lipinski definition) is 0. The molecule has 0 amide bonds. The Bertz CT molecular complexity index is 311. The summed E-state index contributed by atoms with van der Waals surface area (Å²) in [7, 11) is 0. The normalized spacial score (nSPS) is 12.9. The molecule has 1 rings (SSSR count). The van der Waals surface area contributed by atoms with Crippen molar-refractivity contribution in [3.8, 4) is 0 Å². The van der Waals surface area contributed by atoms with Crippen LogP contribution in [0, 0.1) is 11.7 Å². The summed E-state index contributed by atoms with van der Waals surface area (Å²) in [6.45, 7) is 2.02. The minimum Gasteiger partial charge on any atom is -0.246 e. The molecule has 0 aliphatic heterocycles. The molecule has 1 unspecified atom stereocenters. The maximum Gasteiger partial charge on any atom is 0.156 e. The molecule has 1 atom stereocenters. The molecule has 0 radical (unpaired) electrons. The van der Waals surface area contributed by atoms with Gasteiger partial charge in [0.1, 0.15) is 5.03 Å². The van der Waals surface area contributed by atoms with E-state index in [0.717, 1.165) is 5.75 Å². The van der Waals surface area contributed by atoms with Crippen LogP contribution < -0.4 is 0 Å². The molecule has 14 heavy (non-hydrogen) atoms. The zero-order valence-corrected chi connectivity index (χ0v) is 10.8. The van der Waals surface area contributed by atoms with Crippen LogP contribution in [-0.2, 0) is 0 Å². The number of rotatable bonds is 4. The fourth-order valence-corrected chi connectivity index (χ4v) is 2.20. The fourth-order valence-electron chi connectivity index (χ4n) is 0.774. The lowest BCUT2D eigenvalue weighted by Crippen LogP contribution is -2.00. The van der Waals surface area contributed by atoms with Crippen LogP contribution in [0.1, 0.15) is 6.92 Å². The van der Waals surface area contributed by atoms with Crippen LogP contribution in [0.2, 0.25) is 0 Å².